The summed E-state index contributed by atoms with van der Waals surface area (Å²) in [5.74, 6) is 0.432. The molecule has 2 aromatic carbocycles. The Labute approximate surface area is 202 Å². The standard InChI is InChI=1S/C23H20N2OS5/c1-12-9-14-15(10-13(12)2)23(3,4)25(20-19(14)21(27)31-30-20)18(26)11-28-22-24-16-7-5-6-8-17(16)29-22/h5-10H,11H2,1-4H3. The third kappa shape index (κ3) is 3.49. The van der Waals surface area contributed by atoms with Crippen LogP contribution in [0.25, 0.3) is 21.3 Å². The lowest BCUT2D eigenvalue weighted by Gasteiger charge is -2.43. The second kappa shape index (κ2) is 7.78. The lowest BCUT2D eigenvalue weighted by Crippen LogP contribution is -2.48. The number of hydrogen-bond donors (Lipinski definition) is 0. The first-order valence-electron chi connectivity index (χ1n) is 9.84. The minimum Gasteiger partial charge on any atom is -0.292 e. The zero-order valence-corrected chi connectivity index (χ0v) is 21.6. The van der Waals surface area contributed by atoms with Crippen LogP contribution in [0, 0.1) is 17.7 Å². The van der Waals surface area contributed by atoms with E-state index in [1.54, 1.807) is 32.0 Å². The van der Waals surface area contributed by atoms with E-state index in [0.29, 0.717) is 5.75 Å². The quantitative estimate of drug-likeness (QED) is 0.163. The Morgan fingerprint density at radius 1 is 1.16 bits per heavy atom. The minimum atomic E-state index is -0.453. The van der Waals surface area contributed by atoms with E-state index in [-0.39, 0.29) is 5.91 Å². The highest BCUT2D eigenvalue weighted by molar-refractivity contribution is 8.01. The van der Waals surface area contributed by atoms with Crippen LogP contribution in [0.15, 0.2) is 40.7 Å². The summed E-state index contributed by atoms with van der Waals surface area (Å²) in [6.45, 7) is 8.53. The summed E-state index contributed by atoms with van der Waals surface area (Å²) in [5.41, 5.74) is 6.39. The van der Waals surface area contributed by atoms with Gasteiger partial charge in [0.05, 0.1) is 21.5 Å². The van der Waals surface area contributed by atoms with Crippen molar-refractivity contribution in [3.05, 3.63) is 56.9 Å². The van der Waals surface area contributed by atoms with Crippen molar-refractivity contribution < 1.29 is 4.79 Å². The molecule has 1 aliphatic heterocycles. The number of carbonyl (C=O) groups is 1. The number of amides is 1. The van der Waals surface area contributed by atoms with Gasteiger partial charge < -0.3 is 0 Å². The van der Waals surface area contributed by atoms with E-state index in [0.717, 1.165) is 34.5 Å². The molecule has 0 N–H and O–H groups in total. The monoisotopic (exact) mass is 500 g/mol. The number of carbonyl (C=O) groups excluding carboxylic acids is 1. The third-order valence-corrected chi connectivity index (χ3v) is 10.9. The van der Waals surface area contributed by atoms with Crippen LogP contribution in [-0.2, 0) is 10.3 Å². The first-order valence-corrected chi connectivity index (χ1v) is 14.2. The molecule has 8 heteroatoms. The average Bonchev–Trinajstić information content (AvgIpc) is 3.31. The van der Waals surface area contributed by atoms with E-state index in [9.17, 15) is 4.79 Å². The Kier molecular flexibility index (Phi) is 5.34. The summed E-state index contributed by atoms with van der Waals surface area (Å²) in [4.78, 5) is 20.2. The van der Waals surface area contributed by atoms with Gasteiger partial charge in [0.1, 0.15) is 8.82 Å². The number of aryl methyl sites for hydroxylation is 2. The van der Waals surface area contributed by atoms with Gasteiger partial charge >= 0.3 is 0 Å². The molecule has 0 atom stereocenters. The third-order valence-electron chi connectivity index (χ3n) is 5.78. The van der Waals surface area contributed by atoms with Crippen LogP contribution in [0.3, 0.4) is 0 Å². The summed E-state index contributed by atoms with van der Waals surface area (Å²) >= 11 is 8.85. The summed E-state index contributed by atoms with van der Waals surface area (Å²) in [6, 6.07) is 12.5. The number of para-hydroxylation sites is 1. The number of nitrogens with zero attached hydrogens (tertiary/aromatic N) is 2. The van der Waals surface area contributed by atoms with E-state index in [2.05, 4.69) is 50.9 Å². The second-order valence-corrected chi connectivity index (χ2v) is 13.2. The first-order chi connectivity index (χ1) is 14.8. The van der Waals surface area contributed by atoms with Gasteiger partial charge in [0.15, 0.2) is 4.34 Å². The second-order valence-electron chi connectivity index (χ2n) is 8.14. The predicted molar refractivity (Wildman–Crippen MR) is 139 cm³/mol. The van der Waals surface area contributed by atoms with Crippen molar-refractivity contribution in [1.82, 2.24) is 4.98 Å². The Balaban J connectivity index is 1.52. The van der Waals surface area contributed by atoms with Gasteiger partial charge in [-0.05, 0) is 62.1 Å². The highest BCUT2D eigenvalue weighted by Crippen LogP contribution is 2.53. The molecule has 0 radical (unpaired) electrons. The van der Waals surface area contributed by atoms with Crippen LogP contribution in [0.4, 0.5) is 5.00 Å². The Hall–Kier alpha value is -1.58. The van der Waals surface area contributed by atoms with Gasteiger partial charge in [-0.1, -0.05) is 68.9 Å². The average molecular weight is 501 g/mol. The van der Waals surface area contributed by atoms with Crippen molar-refractivity contribution in [3.63, 3.8) is 0 Å². The predicted octanol–water partition coefficient (Wildman–Crippen LogP) is 7.81. The topological polar surface area (TPSA) is 33.2 Å². The van der Waals surface area contributed by atoms with Crippen LogP contribution >= 0.6 is 56.0 Å². The van der Waals surface area contributed by atoms with Gasteiger partial charge in [0.2, 0.25) is 5.91 Å². The summed E-state index contributed by atoms with van der Waals surface area (Å²) in [7, 11) is 3.19. The van der Waals surface area contributed by atoms with Gasteiger partial charge in [-0.25, -0.2) is 4.98 Å². The van der Waals surface area contributed by atoms with E-state index in [1.807, 2.05) is 23.1 Å². The molecular formula is C23H20N2OS5. The molecule has 4 aromatic rings. The SMILES string of the molecule is Cc1cc2c(cc1C)C(C)(C)N(C(=O)CSc1nc3ccccc3s1)c1ssc(=S)c1-2. The number of thiazole rings is 1. The van der Waals surface area contributed by atoms with Gasteiger partial charge in [0.25, 0.3) is 0 Å². The number of anilines is 1. The minimum absolute atomic E-state index is 0.0865. The van der Waals surface area contributed by atoms with Crippen molar-refractivity contribution in [2.24, 2.45) is 0 Å². The van der Waals surface area contributed by atoms with Crippen LogP contribution < -0.4 is 4.90 Å². The number of rotatable bonds is 3. The van der Waals surface area contributed by atoms with E-state index < -0.39 is 5.54 Å². The fourth-order valence-electron chi connectivity index (χ4n) is 4.05. The molecular weight excluding hydrogens is 481 g/mol. The molecule has 31 heavy (non-hydrogen) atoms. The highest BCUT2D eigenvalue weighted by atomic mass is 32.9. The summed E-state index contributed by atoms with van der Waals surface area (Å²) < 4.78 is 2.93. The number of hydrogen-bond acceptors (Lipinski definition) is 7. The Morgan fingerprint density at radius 3 is 2.68 bits per heavy atom. The van der Waals surface area contributed by atoms with Crippen molar-refractivity contribution in [1.29, 1.82) is 0 Å². The number of thioether (sulfide) groups is 1. The van der Waals surface area contributed by atoms with Crippen molar-refractivity contribution in [2.75, 3.05) is 10.7 Å². The maximum absolute atomic E-state index is 13.6. The number of fused-ring (bicyclic) bond motifs is 4. The largest absolute Gasteiger partial charge is 0.292 e. The van der Waals surface area contributed by atoms with Gasteiger partial charge in [0, 0.05) is 5.56 Å². The summed E-state index contributed by atoms with van der Waals surface area (Å²) in [6.07, 6.45) is 0. The van der Waals surface area contributed by atoms with Crippen molar-refractivity contribution in [2.45, 2.75) is 37.6 Å². The lowest BCUT2D eigenvalue weighted by atomic mass is 9.81. The first kappa shape index (κ1) is 21.3. The molecule has 0 saturated carbocycles. The number of aromatic nitrogens is 1. The molecule has 158 valence electrons. The zero-order valence-electron chi connectivity index (χ0n) is 17.5. The van der Waals surface area contributed by atoms with Crippen LogP contribution in [0.2, 0.25) is 0 Å². The van der Waals surface area contributed by atoms with Crippen LogP contribution in [-0.4, -0.2) is 16.6 Å². The van der Waals surface area contributed by atoms with E-state index in [1.165, 1.54) is 28.5 Å². The molecule has 0 spiro atoms. The van der Waals surface area contributed by atoms with Gasteiger partial charge in [-0.3, -0.25) is 9.69 Å². The van der Waals surface area contributed by atoms with Crippen molar-refractivity contribution >= 4 is 77.1 Å². The van der Waals surface area contributed by atoms with E-state index >= 15 is 0 Å². The van der Waals surface area contributed by atoms with Crippen LogP contribution in [0.1, 0.15) is 30.5 Å². The molecule has 3 heterocycles. The van der Waals surface area contributed by atoms with Gasteiger partial charge in [-0.15, -0.1) is 11.3 Å². The molecule has 0 aliphatic carbocycles. The molecule has 3 nitrogen and oxygen atoms in total. The van der Waals surface area contributed by atoms with E-state index in [4.69, 9.17) is 12.2 Å². The fraction of sp³-hybridized carbons (Fsp3) is 0.261. The van der Waals surface area contributed by atoms with Gasteiger partial charge in [-0.2, -0.15) is 0 Å². The normalized spacial score (nSPS) is 14.5. The molecule has 0 fully saturated rings. The lowest BCUT2D eigenvalue weighted by molar-refractivity contribution is -0.117. The Bertz CT molecular complexity index is 1360. The molecule has 1 amide bonds. The smallest absolute Gasteiger partial charge is 0.238 e. The van der Waals surface area contributed by atoms with Crippen LogP contribution in [0.5, 0.6) is 0 Å². The maximum Gasteiger partial charge on any atom is 0.238 e. The molecule has 5 rings (SSSR count). The Morgan fingerprint density at radius 2 is 1.90 bits per heavy atom. The molecule has 2 aromatic heterocycles. The molecule has 0 saturated heterocycles. The zero-order chi connectivity index (χ0) is 21.9. The molecule has 0 bridgehead atoms. The fourth-order valence-corrected chi connectivity index (χ4v) is 8.94. The van der Waals surface area contributed by atoms with Crippen molar-refractivity contribution in [3.8, 4) is 11.1 Å². The molecule has 0 unspecified atom stereocenters. The highest BCUT2D eigenvalue weighted by Gasteiger charge is 2.42. The number of benzene rings is 2. The maximum atomic E-state index is 13.6. The summed E-state index contributed by atoms with van der Waals surface area (Å²) in [5, 5.41) is 0.977. The molecule has 1 aliphatic rings.